The molecule has 104 valence electrons. The molecule has 4 heteroatoms. The molecule has 3 nitrogen and oxygen atoms in total. The highest BCUT2D eigenvalue weighted by Crippen LogP contribution is 2.22. The van der Waals surface area contributed by atoms with Gasteiger partial charge in [-0.3, -0.25) is 0 Å². The van der Waals surface area contributed by atoms with Gasteiger partial charge in [-0.2, -0.15) is 0 Å². The van der Waals surface area contributed by atoms with E-state index in [0.29, 0.717) is 17.6 Å². The molecule has 0 aromatic heterocycles. The first-order chi connectivity index (χ1) is 9.08. The first-order valence-electron chi connectivity index (χ1n) is 6.81. The highest BCUT2D eigenvalue weighted by molar-refractivity contribution is 7.80. The molecule has 1 heterocycles. The van der Waals surface area contributed by atoms with E-state index in [1.54, 1.807) is 0 Å². The van der Waals surface area contributed by atoms with Crippen molar-refractivity contribution in [3.63, 3.8) is 0 Å². The molecule has 19 heavy (non-hydrogen) atoms. The fraction of sp³-hybridized carbons (Fsp3) is 0.533. The quantitative estimate of drug-likeness (QED) is 0.859. The van der Waals surface area contributed by atoms with Gasteiger partial charge in [0.05, 0.1) is 5.56 Å². The van der Waals surface area contributed by atoms with E-state index in [0.717, 1.165) is 23.4 Å². The van der Waals surface area contributed by atoms with E-state index in [1.807, 2.05) is 25.1 Å². The Morgan fingerprint density at radius 2 is 2.26 bits per heavy atom. The van der Waals surface area contributed by atoms with Crippen LogP contribution in [0.3, 0.4) is 0 Å². The van der Waals surface area contributed by atoms with Crippen LogP contribution in [0.15, 0.2) is 18.2 Å². The van der Waals surface area contributed by atoms with Crippen molar-refractivity contribution in [3.8, 4) is 5.75 Å². The van der Waals surface area contributed by atoms with Crippen LogP contribution in [0.4, 0.5) is 0 Å². The Hall–Kier alpha value is -1.13. The summed E-state index contributed by atoms with van der Waals surface area (Å²) in [4.78, 5) is 2.77. The minimum absolute atomic E-state index is 0.395. The summed E-state index contributed by atoms with van der Waals surface area (Å²) in [5.74, 6) is 0.812. The molecule has 0 saturated carbocycles. The van der Waals surface area contributed by atoms with Crippen LogP contribution in [0.1, 0.15) is 30.4 Å². The van der Waals surface area contributed by atoms with Crippen LogP contribution in [0.2, 0.25) is 0 Å². The molecule has 0 aliphatic carbocycles. The third-order valence-corrected chi connectivity index (χ3v) is 3.98. The van der Waals surface area contributed by atoms with E-state index in [-0.39, 0.29) is 0 Å². The fourth-order valence-electron chi connectivity index (χ4n) is 2.49. The fourth-order valence-corrected chi connectivity index (χ4v) is 2.66. The Kier molecular flexibility index (Phi) is 4.77. The van der Waals surface area contributed by atoms with Crippen LogP contribution in [0.5, 0.6) is 5.75 Å². The van der Waals surface area contributed by atoms with E-state index in [9.17, 15) is 0 Å². The van der Waals surface area contributed by atoms with Gasteiger partial charge >= 0.3 is 0 Å². The van der Waals surface area contributed by atoms with E-state index in [1.165, 1.54) is 19.3 Å². The van der Waals surface area contributed by atoms with Crippen molar-refractivity contribution in [1.82, 2.24) is 4.90 Å². The van der Waals surface area contributed by atoms with Crippen molar-refractivity contribution in [2.75, 3.05) is 20.2 Å². The normalized spacial score (nSPS) is 20.2. The zero-order chi connectivity index (χ0) is 13.8. The third kappa shape index (κ3) is 3.67. The SMILES string of the molecule is Cc1ccc(C(N)=S)c(OCC2CCCCN2C)c1. The Labute approximate surface area is 120 Å². The minimum Gasteiger partial charge on any atom is -0.491 e. The zero-order valence-corrected chi connectivity index (χ0v) is 12.5. The highest BCUT2D eigenvalue weighted by Gasteiger charge is 2.20. The van der Waals surface area contributed by atoms with Gasteiger partial charge in [0.1, 0.15) is 17.3 Å². The molecule has 2 N–H and O–H groups in total. The van der Waals surface area contributed by atoms with Gasteiger partial charge in [0.15, 0.2) is 0 Å². The van der Waals surface area contributed by atoms with Crippen molar-refractivity contribution < 1.29 is 4.74 Å². The Morgan fingerprint density at radius 3 is 2.95 bits per heavy atom. The number of aryl methyl sites for hydroxylation is 1. The number of hydrogen-bond donors (Lipinski definition) is 1. The second kappa shape index (κ2) is 6.35. The molecular formula is C15H22N2OS. The molecule has 2 rings (SSSR count). The number of nitrogens with two attached hydrogens (primary N) is 1. The predicted molar refractivity (Wildman–Crippen MR) is 82.8 cm³/mol. The average Bonchev–Trinajstić information content (AvgIpc) is 2.37. The van der Waals surface area contributed by atoms with Crippen molar-refractivity contribution >= 4 is 17.2 Å². The molecule has 1 aromatic carbocycles. The van der Waals surface area contributed by atoms with Crippen molar-refractivity contribution in [1.29, 1.82) is 0 Å². The second-order valence-electron chi connectivity index (χ2n) is 5.31. The van der Waals surface area contributed by atoms with E-state index >= 15 is 0 Å². The predicted octanol–water partition coefficient (Wildman–Crippen LogP) is 2.49. The van der Waals surface area contributed by atoms with Gasteiger partial charge in [-0.15, -0.1) is 0 Å². The largest absolute Gasteiger partial charge is 0.491 e. The molecule has 1 atom stereocenters. The number of hydrogen-bond acceptors (Lipinski definition) is 3. The summed E-state index contributed by atoms with van der Waals surface area (Å²) in [6.07, 6.45) is 3.77. The maximum atomic E-state index is 5.98. The van der Waals surface area contributed by atoms with Crippen molar-refractivity contribution in [2.45, 2.75) is 32.2 Å². The minimum atomic E-state index is 0.395. The number of likely N-dealkylation sites (N-methyl/N-ethyl adjacent to an activating group) is 1. The van der Waals surface area contributed by atoms with E-state index in [4.69, 9.17) is 22.7 Å². The summed E-state index contributed by atoms with van der Waals surface area (Å²) >= 11 is 5.07. The van der Waals surface area contributed by atoms with Crippen molar-refractivity contribution in [2.24, 2.45) is 5.73 Å². The number of likely N-dealkylation sites (tertiary alicyclic amines) is 1. The number of rotatable bonds is 4. The lowest BCUT2D eigenvalue weighted by Crippen LogP contribution is -2.40. The topological polar surface area (TPSA) is 38.5 Å². The molecule has 1 saturated heterocycles. The number of piperidine rings is 1. The monoisotopic (exact) mass is 278 g/mol. The summed E-state index contributed by atoms with van der Waals surface area (Å²) in [7, 11) is 2.16. The van der Waals surface area contributed by atoms with Crippen LogP contribution < -0.4 is 10.5 Å². The van der Waals surface area contributed by atoms with Crippen molar-refractivity contribution in [3.05, 3.63) is 29.3 Å². The van der Waals surface area contributed by atoms with Gasteiger partial charge in [0.25, 0.3) is 0 Å². The van der Waals surface area contributed by atoms with E-state index < -0.39 is 0 Å². The summed E-state index contributed by atoms with van der Waals surface area (Å²) < 4.78 is 5.98. The van der Waals surface area contributed by atoms with Gasteiger partial charge in [-0.25, -0.2) is 0 Å². The first kappa shape index (κ1) is 14.3. The molecule has 0 radical (unpaired) electrons. The summed E-state index contributed by atoms with van der Waals surface area (Å²) in [5, 5.41) is 0. The maximum absolute atomic E-state index is 5.98. The average molecular weight is 278 g/mol. The number of ether oxygens (including phenoxy) is 1. The maximum Gasteiger partial charge on any atom is 0.129 e. The first-order valence-corrected chi connectivity index (χ1v) is 7.22. The molecule has 0 bridgehead atoms. The molecule has 0 spiro atoms. The number of nitrogens with zero attached hydrogens (tertiary/aromatic N) is 1. The third-order valence-electron chi connectivity index (χ3n) is 3.76. The van der Waals surface area contributed by atoms with Crippen LogP contribution in [-0.2, 0) is 0 Å². The lowest BCUT2D eigenvalue weighted by atomic mass is 10.0. The second-order valence-corrected chi connectivity index (χ2v) is 5.74. The van der Waals surface area contributed by atoms with Gasteiger partial charge in [0, 0.05) is 6.04 Å². The van der Waals surface area contributed by atoms with Gasteiger partial charge < -0.3 is 15.4 Å². The lowest BCUT2D eigenvalue weighted by molar-refractivity contribution is 0.125. The summed E-state index contributed by atoms with van der Waals surface area (Å²) in [6.45, 7) is 3.91. The zero-order valence-electron chi connectivity index (χ0n) is 11.7. The Morgan fingerprint density at radius 1 is 1.47 bits per heavy atom. The molecule has 1 fully saturated rings. The Bertz CT molecular complexity index is 461. The molecule has 1 unspecified atom stereocenters. The van der Waals surface area contributed by atoms with Crippen LogP contribution >= 0.6 is 12.2 Å². The summed E-state index contributed by atoms with van der Waals surface area (Å²) in [6, 6.07) is 6.46. The molecule has 0 amide bonds. The van der Waals surface area contributed by atoms with Crippen LogP contribution in [0.25, 0.3) is 0 Å². The van der Waals surface area contributed by atoms with Crippen LogP contribution in [-0.4, -0.2) is 36.1 Å². The molecule has 1 aliphatic rings. The number of thiocarbonyl (C=S) groups is 1. The van der Waals surface area contributed by atoms with Gasteiger partial charge in [-0.1, -0.05) is 24.7 Å². The molecule has 1 aromatic rings. The number of benzene rings is 1. The van der Waals surface area contributed by atoms with Gasteiger partial charge in [0.2, 0.25) is 0 Å². The highest BCUT2D eigenvalue weighted by atomic mass is 32.1. The standard InChI is InChI=1S/C15H22N2OS/c1-11-6-7-13(15(16)19)14(9-11)18-10-12-5-3-4-8-17(12)2/h6-7,9,12H,3-5,8,10H2,1-2H3,(H2,16,19). The lowest BCUT2D eigenvalue weighted by Gasteiger charge is -2.32. The molecule has 1 aliphatic heterocycles. The van der Waals surface area contributed by atoms with Gasteiger partial charge in [-0.05, 0) is 51.1 Å². The van der Waals surface area contributed by atoms with E-state index in [2.05, 4.69) is 11.9 Å². The Balaban J connectivity index is 2.05. The van der Waals surface area contributed by atoms with Crippen LogP contribution in [0, 0.1) is 6.92 Å². The smallest absolute Gasteiger partial charge is 0.129 e. The summed E-state index contributed by atoms with van der Waals surface area (Å²) in [5.41, 5.74) is 7.73. The molecular weight excluding hydrogens is 256 g/mol.